The number of nitrogens with zero attached hydrogens (tertiary/aromatic N) is 2. The Bertz CT molecular complexity index is 694. The molecule has 24 heavy (non-hydrogen) atoms. The number of hydrogen-bond donors (Lipinski definition) is 1. The van der Waals surface area contributed by atoms with E-state index in [1.54, 1.807) is 6.20 Å². The zero-order valence-electron chi connectivity index (χ0n) is 14.2. The van der Waals surface area contributed by atoms with Gasteiger partial charge in [-0.3, -0.25) is 4.79 Å². The highest BCUT2D eigenvalue weighted by Gasteiger charge is 2.23. The first kappa shape index (κ1) is 16.5. The van der Waals surface area contributed by atoms with E-state index in [0.717, 1.165) is 30.9 Å². The Balaban J connectivity index is 1.71. The topological polar surface area (TPSA) is 54.5 Å². The number of aryl methyl sites for hydroxylation is 1. The van der Waals surface area contributed by atoms with Gasteiger partial charge in [-0.05, 0) is 56.5 Å². The predicted molar refractivity (Wildman–Crippen MR) is 95.7 cm³/mol. The van der Waals surface area contributed by atoms with E-state index in [-0.39, 0.29) is 12.0 Å². The van der Waals surface area contributed by atoms with Crippen LogP contribution in [0.1, 0.15) is 25.3 Å². The molecule has 0 aliphatic carbocycles. The lowest BCUT2D eigenvalue weighted by Gasteiger charge is -2.22. The van der Waals surface area contributed by atoms with Gasteiger partial charge >= 0.3 is 0 Å². The first-order chi connectivity index (χ1) is 11.7. The Labute approximate surface area is 142 Å². The third-order valence-electron chi connectivity index (χ3n) is 4.14. The molecule has 2 aromatic rings. The highest BCUT2D eigenvalue weighted by molar-refractivity contribution is 5.94. The molecule has 1 amide bonds. The van der Waals surface area contributed by atoms with Crippen LogP contribution in [-0.4, -0.2) is 30.1 Å². The highest BCUT2D eigenvalue weighted by atomic mass is 16.5. The van der Waals surface area contributed by atoms with Crippen molar-refractivity contribution in [1.82, 2.24) is 4.98 Å². The van der Waals surface area contributed by atoms with Crippen LogP contribution < -0.4 is 10.2 Å². The summed E-state index contributed by atoms with van der Waals surface area (Å²) >= 11 is 0. The van der Waals surface area contributed by atoms with Crippen LogP contribution in [0.15, 0.2) is 42.6 Å². The number of carbonyl (C=O) groups excluding carboxylic acids is 1. The van der Waals surface area contributed by atoms with E-state index in [9.17, 15) is 4.79 Å². The average molecular weight is 325 g/mol. The fourth-order valence-corrected chi connectivity index (χ4v) is 2.90. The molecule has 0 bridgehead atoms. The van der Waals surface area contributed by atoms with Crippen molar-refractivity contribution in [2.75, 3.05) is 23.4 Å². The molecule has 1 unspecified atom stereocenters. The molecule has 0 saturated carbocycles. The molecule has 1 N–H and O–H groups in total. The largest absolute Gasteiger partial charge is 0.368 e. The number of pyridine rings is 1. The Hall–Kier alpha value is -2.40. The maximum atomic E-state index is 12.1. The maximum absolute atomic E-state index is 12.1. The van der Waals surface area contributed by atoms with Crippen LogP contribution >= 0.6 is 0 Å². The number of amides is 1. The third kappa shape index (κ3) is 3.74. The van der Waals surface area contributed by atoms with Gasteiger partial charge in [0.05, 0.1) is 11.9 Å². The molecule has 2 heterocycles. The van der Waals surface area contributed by atoms with Crippen molar-refractivity contribution in [3.63, 3.8) is 0 Å². The first-order valence-electron chi connectivity index (χ1n) is 8.40. The molecule has 1 aliphatic rings. The second kappa shape index (κ2) is 7.45. The SMILES string of the molecule is CCN(c1cccc(C)c1)c1ccc(NC(=O)C2CCCO2)cn1. The summed E-state index contributed by atoms with van der Waals surface area (Å²) in [5.41, 5.74) is 3.02. The van der Waals surface area contributed by atoms with Crippen LogP contribution in [0.4, 0.5) is 17.2 Å². The first-order valence-corrected chi connectivity index (χ1v) is 8.40. The summed E-state index contributed by atoms with van der Waals surface area (Å²) in [6.45, 7) is 5.65. The van der Waals surface area contributed by atoms with Crippen LogP contribution in [0, 0.1) is 6.92 Å². The molecule has 1 fully saturated rings. The highest BCUT2D eigenvalue weighted by Crippen LogP contribution is 2.25. The van der Waals surface area contributed by atoms with Gasteiger partial charge in [-0.25, -0.2) is 4.98 Å². The molecule has 1 atom stereocenters. The van der Waals surface area contributed by atoms with E-state index in [0.29, 0.717) is 12.3 Å². The summed E-state index contributed by atoms with van der Waals surface area (Å²) < 4.78 is 5.39. The number of carbonyl (C=O) groups is 1. The molecular formula is C19H23N3O2. The average Bonchev–Trinajstić information content (AvgIpc) is 3.12. The van der Waals surface area contributed by atoms with Gasteiger partial charge in [-0.2, -0.15) is 0 Å². The number of benzene rings is 1. The Morgan fingerprint density at radius 3 is 2.88 bits per heavy atom. The van der Waals surface area contributed by atoms with E-state index in [1.807, 2.05) is 18.2 Å². The number of hydrogen-bond acceptors (Lipinski definition) is 4. The molecule has 5 heteroatoms. The second-order valence-corrected chi connectivity index (χ2v) is 5.98. The number of ether oxygens (including phenoxy) is 1. The van der Waals surface area contributed by atoms with Gasteiger partial charge in [0.15, 0.2) is 0 Å². The lowest BCUT2D eigenvalue weighted by molar-refractivity contribution is -0.124. The van der Waals surface area contributed by atoms with Crippen molar-refractivity contribution in [3.05, 3.63) is 48.2 Å². The minimum atomic E-state index is -0.330. The molecule has 126 valence electrons. The third-order valence-corrected chi connectivity index (χ3v) is 4.14. The van der Waals surface area contributed by atoms with E-state index in [4.69, 9.17) is 4.74 Å². The Kier molecular flexibility index (Phi) is 5.11. The summed E-state index contributed by atoms with van der Waals surface area (Å²) in [7, 11) is 0. The van der Waals surface area contributed by atoms with Gasteiger partial charge in [-0.1, -0.05) is 12.1 Å². The smallest absolute Gasteiger partial charge is 0.253 e. The van der Waals surface area contributed by atoms with Gasteiger partial charge in [0, 0.05) is 18.8 Å². The summed E-state index contributed by atoms with van der Waals surface area (Å²) in [5, 5.41) is 2.87. The number of aromatic nitrogens is 1. The molecule has 0 spiro atoms. The molecule has 1 aromatic heterocycles. The number of nitrogens with one attached hydrogen (secondary N) is 1. The maximum Gasteiger partial charge on any atom is 0.253 e. The quantitative estimate of drug-likeness (QED) is 0.911. The van der Waals surface area contributed by atoms with Gasteiger partial charge < -0.3 is 15.0 Å². The van der Waals surface area contributed by atoms with Crippen molar-refractivity contribution in [2.45, 2.75) is 32.8 Å². The lowest BCUT2D eigenvalue weighted by Crippen LogP contribution is -2.27. The van der Waals surface area contributed by atoms with Crippen LogP contribution in [-0.2, 0) is 9.53 Å². The summed E-state index contributed by atoms with van der Waals surface area (Å²) in [5.74, 6) is 0.770. The van der Waals surface area contributed by atoms with Crippen LogP contribution in [0.2, 0.25) is 0 Å². The minimum Gasteiger partial charge on any atom is -0.368 e. The van der Waals surface area contributed by atoms with Crippen molar-refractivity contribution in [2.24, 2.45) is 0 Å². The normalized spacial score (nSPS) is 16.8. The molecule has 1 aromatic carbocycles. The van der Waals surface area contributed by atoms with Crippen LogP contribution in [0.5, 0.6) is 0 Å². The van der Waals surface area contributed by atoms with Crippen LogP contribution in [0.3, 0.4) is 0 Å². The fourth-order valence-electron chi connectivity index (χ4n) is 2.90. The van der Waals surface area contributed by atoms with Crippen LogP contribution in [0.25, 0.3) is 0 Å². The summed E-state index contributed by atoms with van der Waals surface area (Å²) in [4.78, 5) is 18.7. The monoisotopic (exact) mass is 325 g/mol. The summed E-state index contributed by atoms with van der Waals surface area (Å²) in [6, 6.07) is 12.1. The molecule has 1 saturated heterocycles. The van der Waals surface area contributed by atoms with Gasteiger partial charge in [0.2, 0.25) is 0 Å². The van der Waals surface area contributed by atoms with Crippen molar-refractivity contribution in [1.29, 1.82) is 0 Å². The van der Waals surface area contributed by atoms with Crippen molar-refractivity contribution < 1.29 is 9.53 Å². The molecule has 1 aliphatic heterocycles. The Morgan fingerprint density at radius 2 is 2.25 bits per heavy atom. The summed E-state index contributed by atoms with van der Waals surface area (Å²) in [6.07, 6.45) is 3.09. The zero-order chi connectivity index (χ0) is 16.9. The second-order valence-electron chi connectivity index (χ2n) is 5.98. The molecular weight excluding hydrogens is 302 g/mol. The minimum absolute atomic E-state index is 0.0897. The van der Waals surface area contributed by atoms with E-state index >= 15 is 0 Å². The molecule has 5 nitrogen and oxygen atoms in total. The van der Waals surface area contributed by atoms with Crippen molar-refractivity contribution >= 4 is 23.1 Å². The molecule has 0 radical (unpaired) electrons. The van der Waals surface area contributed by atoms with Gasteiger partial charge in [0.25, 0.3) is 5.91 Å². The number of anilines is 3. The predicted octanol–water partition coefficient (Wildman–Crippen LogP) is 3.67. The molecule has 3 rings (SSSR count). The van der Waals surface area contributed by atoms with E-state index in [2.05, 4.69) is 47.2 Å². The van der Waals surface area contributed by atoms with Gasteiger partial charge in [-0.15, -0.1) is 0 Å². The lowest BCUT2D eigenvalue weighted by atomic mass is 10.2. The standard InChI is InChI=1S/C19H23N3O2/c1-3-22(16-7-4-6-14(2)12-16)18-10-9-15(13-20-18)21-19(23)17-8-5-11-24-17/h4,6-7,9-10,12-13,17H,3,5,8,11H2,1-2H3,(H,21,23). The zero-order valence-corrected chi connectivity index (χ0v) is 14.2. The van der Waals surface area contributed by atoms with E-state index in [1.165, 1.54) is 5.56 Å². The Morgan fingerprint density at radius 1 is 1.38 bits per heavy atom. The van der Waals surface area contributed by atoms with E-state index < -0.39 is 0 Å². The van der Waals surface area contributed by atoms with Crippen molar-refractivity contribution in [3.8, 4) is 0 Å². The fraction of sp³-hybridized carbons (Fsp3) is 0.368. The van der Waals surface area contributed by atoms with Gasteiger partial charge in [0.1, 0.15) is 11.9 Å². The number of rotatable bonds is 5.